The van der Waals surface area contributed by atoms with Crippen molar-refractivity contribution in [3.05, 3.63) is 85.1 Å². The van der Waals surface area contributed by atoms with Gasteiger partial charge < -0.3 is 28.5 Å². The number of hydrogen-bond acceptors (Lipinski definition) is 7. The lowest BCUT2D eigenvalue weighted by atomic mass is 10.0. The smallest absolute Gasteiger partial charge is 0.361 e. The van der Waals surface area contributed by atoms with Crippen molar-refractivity contribution in [3.63, 3.8) is 0 Å². The zero-order chi connectivity index (χ0) is 56.2. The third-order valence-corrected chi connectivity index (χ3v) is 13.6. The fourth-order valence-corrected chi connectivity index (χ4v) is 8.78. The lowest BCUT2D eigenvalue weighted by Gasteiger charge is -2.25. The zero-order valence-electron chi connectivity index (χ0n) is 50.6. The molecule has 0 aliphatic rings. The van der Waals surface area contributed by atoms with Gasteiger partial charge in [0.05, 0.1) is 34.4 Å². The molecule has 9 nitrogen and oxygen atoms in total. The van der Waals surface area contributed by atoms with Crippen molar-refractivity contribution >= 4 is 17.9 Å². The van der Waals surface area contributed by atoms with Crippen LogP contribution >= 0.6 is 0 Å². The average molecular weight is 1080 g/mol. The number of nitrogens with zero attached hydrogens (tertiary/aromatic N) is 1. The molecule has 0 bridgehead atoms. The van der Waals surface area contributed by atoms with Gasteiger partial charge in [0.1, 0.15) is 13.2 Å². The van der Waals surface area contributed by atoms with Crippen LogP contribution in [0.15, 0.2) is 85.1 Å². The van der Waals surface area contributed by atoms with Crippen molar-refractivity contribution in [3.8, 4) is 0 Å². The van der Waals surface area contributed by atoms with Gasteiger partial charge >= 0.3 is 17.9 Å². The number of allylic oxidation sites excluding steroid dienone is 14. The Morgan fingerprint density at radius 2 is 0.740 bits per heavy atom. The summed E-state index contributed by atoms with van der Waals surface area (Å²) in [6.07, 6.45) is 75.2. The molecule has 9 heteroatoms. The third kappa shape index (κ3) is 60.0. The molecule has 0 saturated heterocycles. The van der Waals surface area contributed by atoms with E-state index in [2.05, 4.69) is 98.9 Å². The van der Waals surface area contributed by atoms with Crippen LogP contribution in [0.3, 0.4) is 0 Å². The second-order valence-corrected chi connectivity index (χ2v) is 22.3. The number of ether oxygens (including phenoxy) is 4. The Morgan fingerprint density at radius 1 is 0.403 bits per heavy atom. The number of esters is 2. The van der Waals surface area contributed by atoms with Gasteiger partial charge in [-0.05, 0) is 89.9 Å². The predicted molar refractivity (Wildman–Crippen MR) is 327 cm³/mol. The minimum Gasteiger partial charge on any atom is -0.477 e. The summed E-state index contributed by atoms with van der Waals surface area (Å²) in [7, 11) is 5.97. The minimum absolute atomic E-state index is 0.185. The number of carboxylic acid groups (broad SMARTS) is 1. The number of likely N-dealkylation sites (N-methyl/N-ethyl adjacent to an activating group) is 1. The van der Waals surface area contributed by atoms with E-state index in [0.29, 0.717) is 23.9 Å². The van der Waals surface area contributed by atoms with Crippen LogP contribution in [0.1, 0.15) is 271 Å². The molecule has 0 fully saturated rings. The molecule has 0 aliphatic carbocycles. The normalized spacial score (nSPS) is 13.3. The molecule has 0 radical (unpaired) electrons. The molecule has 1 N–H and O–H groups in total. The summed E-state index contributed by atoms with van der Waals surface area (Å²) in [5.74, 6) is -2.00. The summed E-state index contributed by atoms with van der Waals surface area (Å²) in [5.41, 5.74) is 0. The Morgan fingerprint density at radius 3 is 1.12 bits per heavy atom. The largest absolute Gasteiger partial charge is 0.477 e. The second kappa shape index (κ2) is 58.6. The highest BCUT2D eigenvalue weighted by atomic mass is 16.7. The fraction of sp³-hybridized carbons (Fsp3) is 0.750. The number of aliphatic carboxylic acids is 1. The maximum Gasteiger partial charge on any atom is 0.361 e. The van der Waals surface area contributed by atoms with Crippen LogP contribution in [-0.4, -0.2) is 87.4 Å². The molecule has 0 amide bonds. The summed E-state index contributed by atoms with van der Waals surface area (Å²) in [4.78, 5) is 37.5. The monoisotopic (exact) mass is 1080 g/mol. The summed E-state index contributed by atoms with van der Waals surface area (Å²) >= 11 is 0. The van der Waals surface area contributed by atoms with Crippen LogP contribution < -0.4 is 0 Å². The molecule has 444 valence electrons. The number of rotatable bonds is 58. The van der Waals surface area contributed by atoms with Crippen molar-refractivity contribution in [1.29, 1.82) is 0 Å². The van der Waals surface area contributed by atoms with Gasteiger partial charge in [0.15, 0.2) is 6.10 Å². The van der Waals surface area contributed by atoms with Gasteiger partial charge in [-0.15, -0.1) is 0 Å². The van der Waals surface area contributed by atoms with Gasteiger partial charge in [0.2, 0.25) is 0 Å². The molecule has 0 aliphatic heterocycles. The van der Waals surface area contributed by atoms with Crippen LogP contribution in [0.4, 0.5) is 0 Å². The first-order valence-electron chi connectivity index (χ1n) is 31.8. The number of carbonyl (C=O) groups excluding carboxylic acids is 2. The van der Waals surface area contributed by atoms with E-state index in [1.807, 2.05) is 21.1 Å². The predicted octanol–water partition coefficient (Wildman–Crippen LogP) is 19.1. The van der Waals surface area contributed by atoms with Crippen LogP contribution in [-0.2, 0) is 33.3 Å². The summed E-state index contributed by atoms with van der Waals surface area (Å²) in [6.45, 7) is 4.78. The number of carbonyl (C=O) groups is 3. The van der Waals surface area contributed by atoms with E-state index in [0.717, 1.165) is 77.0 Å². The molecular weight excluding hydrogens is 959 g/mol. The molecule has 0 aromatic rings. The van der Waals surface area contributed by atoms with E-state index < -0.39 is 24.3 Å². The quantitative estimate of drug-likeness (QED) is 0.0211. The number of hydrogen-bond donors (Lipinski definition) is 1. The van der Waals surface area contributed by atoms with Crippen molar-refractivity contribution in [2.24, 2.45) is 0 Å². The first kappa shape index (κ1) is 73.5. The van der Waals surface area contributed by atoms with E-state index in [9.17, 15) is 19.5 Å². The highest BCUT2D eigenvalue weighted by Gasteiger charge is 2.25. The minimum atomic E-state index is -1.51. The molecule has 0 rings (SSSR count). The molecular formula is C68H120NO8+. The highest BCUT2D eigenvalue weighted by molar-refractivity contribution is 5.71. The average Bonchev–Trinajstić information content (AvgIpc) is 3.40. The van der Waals surface area contributed by atoms with Gasteiger partial charge in [-0.2, -0.15) is 0 Å². The Hall–Kier alpha value is -3.53. The van der Waals surface area contributed by atoms with Crippen LogP contribution in [0.5, 0.6) is 0 Å². The first-order valence-corrected chi connectivity index (χ1v) is 31.8. The van der Waals surface area contributed by atoms with E-state index >= 15 is 0 Å². The zero-order valence-corrected chi connectivity index (χ0v) is 50.6. The standard InChI is InChI=1S/C68H119NO8/c1-6-8-10-12-14-16-18-20-22-24-26-28-29-30-31-32-33-34-35-36-37-39-41-43-45-47-49-51-53-55-57-59-66(71)77-64(63-76-68(67(72)73)74-61-60-69(3,4)5)62-75-65(70)58-56-54-52-50-48-46-44-42-40-38-27-25-23-21-19-17-15-13-11-9-7-2/h8,10,14,16,20,22,25-28,30-31,33-34,64,68H,6-7,9,11-13,15,17-19,21,23-24,29,32,35-63H2,1-5H3/p+1/b10-8-,16-14-,22-20-,27-25-,28-26-,31-30-,34-33-. The van der Waals surface area contributed by atoms with Gasteiger partial charge in [-0.25, -0.2) is 4.79 Å². The maximum absolute atomic E-state index is 12.9. The fourth-order valence-electron chi connectivity index (χ4n) is 8.78. The van der Waals surface area contributed by atoms with E-state index in [1.165, 1.54) is 161 Å². The number of unbranched alkanes of at least 4 members (excludes halogenated alkanes) is 29. The Kier molecular flexibility index (Phi) is 55.9. The lowest BCUT2D eigenvalue weighted by Crippen LogP contribution is -2.40. The van der Waals surface area contributed by atoms with Crippen molar-refractivity contribution in [1.82, 2.24) is 0 Å². The molecule has 2 unspecified atom stereocenters. The summed E-state index contributed by atoms with van der Waals surface area (Å²) in [6, 6.07) is 0. The number of carboxylic acids is 1. The Labute approximate surface area is 474 Å². The molecule has 2 atom stereocenters. The first-order chi connectivity index (χ1) is 37.6. The topological polar surface area (TPSA) is 108 Å². The van der Waals surface area contributed by atoms with E-state index in [-0.39, 0.29) is 32.2 Å². The molecule has 77 heavy (non-hydrogen) atoms. The molecule has 0 spiro atoms. The van der Waals surface area contributed by atoms with Crippen molar-refractivity contribution in [2.45, 2.75) is 283 Å². The Bertz CT molecular complexity index is 1540. The van der Waals surface area contributed by atoms with Gasteiger partial charge in [0.25, 0.3) is 6.29 Å². The van der Waals surface area contributed by atoms with Gasteiger partial charge in [-0.1, -0.05) is 253 Å². The Balaban J connectivity index is 4.19. The molecule has 0 heterocycles. The van der Waals surface area contributed by atoms with Crippen molar-refractivity contribution in [2.75, 3.05) is 47.5 Å². The molecule has 0 aromatic carbocycles. The molecule has 0 aromatic heterocycles. The third-order valence-electron chi connectivity index (χ3n) is 13.6. The maximum atomic E-state index is 12.9. The summed E-state index contributed by atoms with van der Waals surface area (Å²) < 4.78 is 22.9. The van der Waals surface area contributed by atoms with Gasteiger partial charge in [-0.3, -0.25) is 9.59 Å². The highest BCUT2D eigenvalue weighted by Crippen LogP contribution is 2.16. The van der Waals surface area contributed by atoms with Crippen LogP contribution in [0, 0.1) is 0 Å². The number of quaternary nitrogens is 1. The van der Waals surface area contributed by atoms with Crippen LogP contribution in [0.25, 0.3) is 0 Å². The van der Waals surface area contributed by atoms with Gasteiger partial charge in [0, 0.05) is 12.8 Å². The van der Waals surface area contributed by atoms with Crippen LogP contribution in [0.2, 0.25) is 0 Å². The van der Waals surface area contributed by atoms with E-state index in [1.54, 1.807) is 0 Å². The lowest BCUT2D eigenvalue weighted by molar-refractivity contribution is -0.870. The van der Waals surface area contributed by atoms with E-state index in [4.69, 9.17) is 18.9 Å². The second-order valence-electron chi connectivity index (χ2n) is 22.3. The molecule has 0 saturated carbocycles. The van der Waals surface area contributed by atoms with Crippen molar-refractivity contribution < 1.29 is 42.9 Å². The SMILES string of the molecule is CC/C=C\C/C=C\C/C=C\C/C=C\C/C=C\C/C=C\CCCCCCCCCCCCCCC(=O)OC(COC(=O)CCCCCCCCCCC/C=C\CCCCCCCCCC)COC(OCC[N+](C)(C)C)C(=O)O. The summed E-state index contributed by atoms with van der Waals surface area (Å²) in [5, 5.41) is 9.72.